The lowest BCUT2D eigenvalue weighted by Gasteiger charge is -2.32. The molecule has 4 heteroatoms. The summed E-state index contributed by atoms with van der Waals surface area (Å²) in [5, 5.41) is 3.13. The van der Waals surface area contributed by atoms with Crippen molar-refractivity contribution in [3.05, 3.63) is 29.8 Å². The molecule has 5 atom stereocenters. The lowest BCUT2D eigenvalue weighted by atomic mass is 9.79. The number of pyridine rings is 1. The Morgan fingerprint density at radius 2 is 2.10 bits per heavy atom. The number of carbonyl (C=O) groups excluding carboxylic acids is 1. The van der Waals surface area contributed by atoms with Crippen molar-refractivity contribution in [2.45, 2.75) is 38.1 Å². The van der Waals surface area contributed by atoms with Crippen LogP contribution in [0, 0.1) is 29.6 Å². The first kappa shape index (κ1) is 12.3. The van der Waals surface area contributed by atoms with E-state index in [1.807, 2.05) is 0 Å². The Morgan fingerprint density at radius 3 is 2.95 bits per heavy atom. The number of fused-ring (bicyclic) bond motifs is 5. The van der Waals surface area contributed by atoms with Crippen LogP contribution < -0.4 is 5.32 Å². The van der Waals surface area contributed by atoms with Crippen LogP contribution in [0.1, 0.15) is 42.5 Å². The molecule has 0 unspecified atom stereocenters. The van der Waals surface area contributed by atoms with E-state index in [2.05, 4.69) is 10.3 Å². The number of carbonyl (C=O) groups is 1. The van der Waals surface area contributed by atoms with Crippen LogP contribution >= 0.6 is 0 Å². The molecule has 1 amide bonds. The molecular weight excluding hydrogens is 255 g/mol. The van der Waals surface area contributed by atoms with Crippen LogP contribution in [-0.2, 0) is 0 Å². The topological polar surface area (TPSA) is 42.0 Å². The molecule has 3 saturated carbocycles. The number of amides is 1. The minimum Gasteiger partial charge on any atom is -0.349 e. The summed E-state index contributed by atoms with van der Waals surface area (Å²) in [5.74, 6) is 2.47. The molecule has 3 fully saturated rings. The quantitative estimate of drug-likeness (QED) is 0.843. The van der Waals surface area contributed by atoms with Gasteiger partial charge in [-0.3, -0.25) is 4.79 Å². The van der Waals surface area contributed by atoms with Crippen LogP contribution in [0.15, 0.2) is 18.3 Å². The van der Waals surface area contributed by atoms with Crippen molar-refractivity contribution in [1.82, 2.24) is 10.3 Å². The number of halogens is 1. The predicted molar refractivity (Wildman–Crippen MR) is 72.5 cm³/mol. The SMILES string of the molecule is O=C(N[C@@H]1C[C@@H]2C[C@@H]1[C@H]1CCC[C@H]21)c1ccnc(F)c1. The molecule has 0 aliphatic heterocycles. The zero-order valence-electron chi connectivity index (χ0n) is 11.4. The van der Waals surface area contributed by atoms with Crippen LogP contribution in [0.5, 0.6) is 0 Å². The Balaban J connectivity index is 1.47. The molecule has 1 N–H and O–H groups in total. The highest BCUT2D eigenvalue weighted by atomic mass is 19.1. The highest BCUT2D eigenvalue weighted by molar-refractivity contribution is 5.94. The molecule has 0 radical (unpaired) electrons. The number of rotatable bonds is 2. The van der Waals surface area contributed by atoms with Crippen LogP contribution in [0.3, 0.4) is 0 Å². The second-order valence-electron chi connectivity index (χ2n) is 6.60. The zero-order chi connectivity index (χ0) is 13.7. The molecule has 3 aliphatic rings. The van der Waals surface area contributed by atoms with E-state index in [1.165, 1.54) is 37.9 Å². The molecule has 1 aromatic rings. The maximum Gasteiger partial charge on any atom is 0.251 e. The van der Waals surface area contributed by atoms with E-state index in [9.17, 15) is 9.18 Å². The van der Waals surface area contributed by atoms with E-state index in [1.54, 1.807) is 6.07 Å². The van der Waals surface area contributed by atoms with Gasteiger partial charge in [0.05, 0.1) is 0 Å². The van der Waals surface area contributed by atoms with Crippen molar-refractivity contribution >= 4 is 5.91 Å². The second-order valence-corrected chi connectivity index (χ2v) is 6.60. The number of hydrogen-bond acceptors (Lipinski definition) is 2. The van der Waals surface area contributed by atoms with Crippen molar-refractivity contribution in [3.63, 3.8) is 0 Å². The van der Waals surface area contributed by atoms with E-state index in [4.69, 9.17) is 0 Å². The van der Waals surface area contributed by atoms with Gasteiger partial charge in [-0.1, -0.05) is 6.42 Å². The molecule has 20 heavy (non-hydrogen) atoms. The molecule has 1 heterocycles. The molecular formula is C16H19FN2O. The Hall–Kier alpha value is -1.45. The number of nitrogens with one attached hydrogen (secondary N) is 1. The predicted octanol–water partition coefficient (Wildman–Crippen LogP) is 2.78. The van der Waals surface area contributed by atoms with Crippen molar-refractivity contribution in [2.75, 3.05) is 0 Å². The summed E-state index contributed by atoms with van der Waals surface area (Å²) in [5.41, 5.74) is 0.378. The van der Waals surface area contributed by atoms with Gasteiger partial charge in [-0.2, -0.15) is 4.39 Å². The van der Waals surface area contributed by atoms with Gasteiger partial charge in [0.25, 0.3) is 5.91 Å². The summed E-state index contributed by atoms with van der Waals surface area (Å²) in [6.45, 7) is 0. The van der Waals surface area contributed by atoms with Gasteiger partial charge in [-0.25, -0.2) is 4.98 Å². The lowest BCUT2D eigenvalue weighted by Crippen LogP contribution is -2.42. The first-order valence-corrected chi connectivity index (χ1v) is 7.65. The molecule has 3 nitrogen and oxygen atoms in total. The monoisotopic (exact) mass is 274 g/mol. The minimum absolute atomic E-state index is 0.154. The van der Waals surface area contributed by atoms with Crippen LogP contribution in [0.2, 0.25) is 0 Å². The van der Waals surface area contributed by atoms with Gasteiger partial charge in [0.1, 0.15) is 0 Å². The van der Waals surface area contributed by atoms with E-state index >= 15 is 0 Å². The minimum atomic E-state index is -0.596. The molecule has 2 bridgehead atoms. The summed E-state index contributed by atoms with van der Waals surface area (Å²) in [6.07, 6.45) is 7.83. The number of nitrogens with zero attached hydrogens (tertiary/aromatic N) is 1. The fourth-order valence-corrected chi connectivity index (χ4v) is 5.03. The average Bonchev–Trinajstić information content (AvgIpc) is 3.10. The lowest BCUT2D eigenvalue weighted by molar-refractivity contribution is 0.0900. The van der Waals surface area contributed by atoms with Gasteiger partial charge < -0.3 is 5.32 Å². The summed E-state index contributed by atoms with van der Waals surface area (Å²) in [4.78, 5) is 15.7. The van der Waals surface area contributed by atoms with E-state index < -0.39 is 5.95 Å². The number of hydrogen-bond donors (Lipinski definition) is 1. The highest BCUT2D eigenvalue weighted by Crippen LogP contribution is 2.58. The van der Waals surface area contributed by atoms with E-state index in [0.717, 1.165) is 24.2 Å². The van der Waals surface area contributed by atoms with E-state index in [0.29, 0.717) is 17.5 Å². The molecule has 3 aliphatic carbocycles. The van der Waals surface area contributed by atoms with Crippen molar-refractivity contribution in [3.8, 4) is 0 Å². The maximum atomic E-state index is 13.1. The van der Waals surface area contributed by atoms with E-state index in [-0.39, 0.29) is 5.91 Å². The zero-order valence-corrected chi connectivity index (χ0v) is 11.4. The Bertz CT molecular complexity index is 547. The Labute approximate surface area is 118 Å². The summed E-state index contributed by atoms with van der Waals surface area (Å²) < 4.78 is 13.1. The van der Waals surface area contributed by atoms with Crippen LogP contribution in [-0.4, -0.2) is 16.9 Å². The van der Waals surface area contributed by atoms with Gasteiger partial charge in [0.15, 0.2) is 0 Å². The fourth-order valence-electron chi connectivity index (χ4n) is 5.03. The number of aromatic nitrogens is 1. The largest absolute Gasteiger partial charge is 0.349 e. The van der Waals surface area contributed by atoms with Gasteiger partial charge in [-0.15, -0.1) is 0 Å². The average molecular weight is 274 g/mol. The highest BCUT2D eigenvalue weighted by Gasteiger charge is 2.54. The summed E-state index contributed by atoms with van der Waals surface area (Å²) >= 11 is 0. The van der Waals surface area contributed by atoms with Gasteiger partial charge in [0, 0.05) is 23.9 Å². The Kier molecular flexibility index (Phi) is 2.79. The van der Waals surface area contributed by atoms with Gasteiger partial charge in [0.2, 0.25) is 5.95 Å². The summed E-state index contributed by atoms with van der Waals surface area (Å²) in [6, 6.07) is 3.08. The van der Waals surface area contributed by atoms with Gasteiger partial charge in [-0.05, 0) is 55.4 Å². The standard InChI is InChI=1S/C16H19FN2O/c17-15-8-9(4-5-18-15)16(20)19-14-7-10-6-13(14)12-3-1-2-11(10)12/h4-5,8,10-14H,1-3,6-7H2,(H,19,20)/t10-,11+,12-,13+,14+/m0/s1. The van der Waals surface area contributed by atoms with Crippen molar-refractivity contribution in [1.29, 1.82) is 0 Å². The molecule has 0 aromatic carbocycles. The molecule has 1 aromatic heterocycles. The molecule has 0 spiro atoms. The van der Waals surface area contributed by atoms with Crippen molar-refractivity contribution in [2.24, 2.45) is 23.7 Å². The maximum absolute atomic E-state index is 13.1. The van der Waals surface area contributed by atoms with Gasteiger partial charge >= 0.3 is 0 Å². The smallest absolute Gasteiger partial charge is 0.251 e. The normalized spacial score (nSPS) is 38.0. The molecule has 106 valence electrons. The Morgan fingerprint density at radius 1 is 1.25 bits per heavy atom. The van der Waals surface area contributed by atoms with Crippen LogP contribution in [0.25, 0.3) is 0 Å². The third kappa shape index (κ3) is 1.85. The third-order valence-corrected chi connectivity index (χ3v) is 5.73. The first-order valence-electron chi connectivity index (χ1n) is 7.65. The van der Waals surface area contributed by atoms with Crippen molar-refractivity contribution < 1.29 is 9.18 Å². The van der Waals surface area contributed by atoms with Crippen LogP contribution in [0.4, 0.5) is 4.39 Å². The molecule has 0 saturated heterocycles. The second kappa shape index (κ2) is 4.54. The first-order chi connectivity index (χ1) is 9.72. The molecule has 4 rings (SSSR count). The summed E-state index contributed by atoms with van der Waals surface area (Å²) in [7, 11) is 0. The fraction of sp³-hybridized carbons (Fsp3) is 0.625. The third-order valence-electron chi connectivity index (χ3n) is 5.73.